The van der Waals surface area contributed by atoms with Crippen LogP contribution in [0, 0.1) is 17.1 Å². The van der Waals surface area contributed by atoms with Gasteiger partial charge in [-0.15, -0.1) is 0 Å². The van der Waals surface area contributed by atoms with Gasteiger partial charge in [0.2, 0.25) is 0 Å². The molecule has 92 valence electrons. The van der Waals surface area contributed by atoms with Crippen molar-refractivity contribution in [2.24, 2.45) is 0 Å². The fourth-order valence-electron chi connectivity index (χ4n) is 1.77. The van der Waals surface area contributed by atoms with E-state index in [1.165, 1.54) is 18.2 Å². The molecule has 0 aliphatic rings. The maximum atomic E-state index is 13.6. The zero-order valence-electron chi connectivity index (χ0n) is 9.97. The number of nitrogens with zero attached hydrogens (tertiary/aromatic N) is 2. The third kappa shape index (κ3) is 2.58. The van der Waals surface area contributed by atoms with Gasteiger partial charge in [-0.1, -0.05) is 0 Å². The van der Waals surface area contributed by atoms with E-state index in [2.05, 4.69) is 0 Å². The topological polar surface area (TPSA) is 49.0 Å². The average molecular weight is 244 g/mol. The molecule has 1 unspecified atom stereocenters. The first kappa shape index (κ1) is 12.3. The highest BCUT2D eigenvalue weighted by Gasteiger charge is 2.07. The van der Waals surface area contributed by atoms with Crippen LogP contribution in [0.2, 0.25) is 0 Å². The molecule has 3 nitrogen and oxygen atoms in total. The molecule has 0 saturated carbocycles. The second kappa shape index (κ2) is 5.03. The van der Waals surface area contributed by atoms with Gasteiger partial charge in [0.25, 0.3) is 0 Å². The normalized spacial score (nSPS) is 12.1. The molecule has 0 bridgehead atoms. The molecule has 1 aromatic carbocycles. The van der Waals surface area contributed by atoms with E-state index >= 15 is 0 Å². The van der Waals surface area contributed by atoms with Gasteiger partial charge in [-0.2, -0.15) is 5.26 Å². The Bertz CT molecular complexity index is 596. The molecule has 1 heterocycles. The molecule has 0 fully saturated rings. The van der Waals surface area contributed by atoms with Gasteiger partial charge in [-0.05, 0) is 36.8 Å². The molecular formula is C14H13FN2O. The van der Waals surface area contributed by atoms with Crippen molar-refractivity contribution in [2.75, 3.05) is 0 Å². The highest BCUT2D eigenvalue weighted by atomic mass is 19.1. The maximum absolute atomic E-state index is 13.6. The molecular weight excluding hydrogens is 231 g/mol. The number of hydrogen-bond acceptors (Lipinski definition) is 2. The summed E-state index contributed by atoms with van der Waals surface area (Å²) in [6.45, 7) is 2.02. The lowest BCUT2D eigenvalue weighted by Gasteiger charge is -2.05. The van der Waals surface area contributed by atoms with Crippen molar-refractivity contribution in [3.8, 4) is 6.07 Å². The zero-order valence-corrected chi connectivity index (χ0v) is 9.97. The molecule has 4 heteroatoms. The molecule has 1 atom stereocenters. The molecule has 2 aromatic rings. The lowest BCUT2D eigenvalue weighted by atomic mass is 10.1. The van der Waals surface area contributed by atoms with Crippen LogP contribution in [0.4, 0.5) is 4.39 Å². The third-order valence-electron chi connectivity index (χ3n) is 2.78. The van der Waals surface area contributed by atoms with E-state index in [-0.39, 0.29) is 5.82 Å². The number of halogens is 1. The molecule has 1 N–H and O–H groups in total. The minimum Gasteiger partial charge on any atom is -0.389 e. The fraction of sp³-hybridized carbons (Fsp3) is 0.214. The number of rotatable bonds is 3. The Kier molecular flexibility index (Phi) is 3.45. The summed E-state index contributed by atoms with van der Waals surface area (Å²) < 4.78 is 15.4. The summed E-state index contributed by atoms with van der Waals surface area (Å²) in [6.07, 6.45) is 3.01. The van der Waals surface area contributed by atoms with Gasteiger partial charge in [-0.25, -0.2) is 4.39 Å². The predicted molar refractivity (Wildman–Crippen MR) is 65.3 cm³/mol. The van der Waals surface area contributed by atoms with Crippen LogP contribution in [0.3, 0.4) is 0 Å². The minimum absolute atomic E-state index is 0.332. The Morgan fingerprint density at radius 1 is 1.44 bits per heavy atom. The van der Waals surface area contributed by atoms with Crippen molar-refractivity contribution in [3.63, 3.8) is 0 Å². The lowest BCUT2D eigenvalue weighted by molar-refractivity contribution is 0.199. The first-order chi connectivity index (χ1) is 8.60. The van der Waals surface area contributed by atoms with E-state index < -0.39 is 6.10 Å². The molecule has 18 heavy (non-hydrogen) atoms. The number of aromatic nitrogens is 1. The van der Waals surface area contributed by atoms with E-state index in [0.717, 1.165) is 5.56 Å². The van der Waals surface area contributed by atoms with Crippen LogP contribution in [0.15, 0.2) is 36.7 Å². The van der Waals surface area contributed by atoms with Crippen LogP contribution >= 0.6 is 0 Å². The Hall–Kier alpha value is -2.12. The Morgan fingerprint density at radius 3 is 2.83 bits per heavy atom. The quantitative estimate of drug-likeness (QED) is 0.902. The van der Waals surface area contributed by atoms with E-state index in [1.807, 2.05) is 6.07 Å². The van der Waals surface area contributed by atoms with Crippen LogP contribution in [-0.4, -0.2) is 9.67 Å². The number of nitriles is 1. The van der Waals surface area contributed by atoms with Crippen LogP contribution in [-0.2, 0) is 6.54 Å². The lowest BCUT2D eigenvalue weighted by Crippen LogP contribution is -2.00. The molecule has 2 rings (SSSR count). The Morgan fingerprint density at radius 2 is 2.22 bits per heavy atom. The summed E-state index contributed by atoms with van der Waals surface area (Å²) in [7, 11) is 0. The first-order valence-corrected chi connectivity index (χ1v) is 5.62. The van der Waals surface area contributed by atoms with Crippen LogP contribution in [0.1, 0.15) is 29.7 Å². The zero-order chi connectivity index (χ0) is 13.1. The van der Waals surface area contributed by atoms with Crippen molar-refractivity contribution in [2.45, 2.75) is 19.6 Å². The van der Waals surface area contributed by atoms with Gasteiger partial charge in [0, 0.05) is 24.5 Å². The average Bonchev–Trinajstić information content (AvgIpc) is 2.81. The third-order valence-corrected chi connectivity index (χ3v) is 2.78. The largest absolute Gasteiger partial charge is 0.389 e. The van der Waals surface area contributed by atoms with E-state index in [4.69, 9.17) is 5.26 Å². The van der Waals surface area contributed by atoms with Crippen molar-refractivity contribution in [1.29, 1.82) is 5.26 Å². The van der Waals surface area contributed by atoms with E-state index in [9.17, 15) is 9.50 Å². The fourth-order valence-corrected chi connectivity index (χ4v) is 1.77. The number of hydrogen-bond donors (Lipinski definition) is 1. The molecule has 0 aliphatic carbocycles. The smallest absolute Gasteiger partial charge is 0.128 e. The first-order valence-electron chi connectivity index (χ1n) is 5.62. The molecule has 1 aromatic heterocycles. The van der Waals surface area contributed by atoms with Gasteiger partial charge in [-0.3, -0.25) is 0 Å². The standard InChI is InChI=1S/C14H13FN2O/c1-10(18)12-4-5-17(8-12)9-13-6-11(7-16)2-3-14(13)15/h2-6,8,10,18H,9H2,1H3. The summed E-state index contributed by atoms with van der Waals surface area (Å²) in [5.74, 6) is -0.332. The number of aliphatic hydroxyl groups excluding tert-OH is 1. The van der Waals surface area contributed by atoms with Gasteiger partial charge in [0.05, 0.1) is 17.7 Å². The molecule has 0 radical (unpaired) electrons. The maximum Gasteiger partial charge on any atom is 0.128 e. The number of benzene rings is 1. The summed E-state index contributed by atoms with van der Waals surface area (Å²) in [5, 5.41) is 18.2. The van der Waals surface area contributed by atoms with Crippen LogP contribution in [0.5, 0.6) is 0 Å². The summed E-state index contributed by atoms with van der Waals surface area (Å²) in [4.78, 5) is 0. The van der Waals surface area contributed by atoms with E-state index in [1.54, 1.807) is 30.0 Å². The van der Waals surface area contributed by atoms with Gasteiger partial charge >= 0.3 is 0 Å². The summed E-state index contributed by atoms with van der Waals surface area (Å²) >= 11 is 0. The van der Waals surface area contributed by atoms with E-state index in [0.29, 0.717) is 17.7 Å². The van der Waals surface area contributed by atoms with Crippen LogP contribution in [0.25, 0.3) is 0 Å². The molecule has 0 aliphatic heterocycles. The highest BCUT2D eigenvalue weighted by Crippen LogP contribution is 2.15. The van der Waals surface area contributed by atoms with Crippen molar-refractivity contribution in [3.05, 3.63) is 59.2 Å². The van der Waals surface area contributed by atoms with Gasteiger partial charge in [0.1, 0.15) is 5.82 Å². The van der Waals surface area contributed by atoms with Crippen molar-refractivity contribution in [1.82, 2.24) is 4.57 Å². The summed E-state index contributed by atoms with van der Waals surface area (Å²) in [5.41, 5.74) is 1.68. The minimum atomic E-state index is -0.540. The molecule has 0 saturated heterocycles. The van der Waals surface area contributed by atoms with Crippen molar-refractivity contribution < 1.29 is 9.50 Å². The SMILES string of the molecule is CC(O)c1ccn(Cc2cc(C#N)ccc2F)c1. The number of aliphatic hydroxyl groups is 1. The predicted octanol–water partition coefficient (Wildman–Crippen LogP) is 2.60. The van der Waals surface area contributed by atoms with Crippen LogP contribution < -0.4 is 0 Å². The molecule has 0 amide bonds. The van der Waals surface area contributed by atoms with Gasteiger partial charge < -0.3 is 9.67 Å². The Balaban J connectivity index is 2.25. The monoisotopic (exact) mass is 244 g/mol. The Labute approximate surface area is 105 Å². The molecule has 0 spiro atoms. The second-order valence-electron chi connectivity index (χ2n) is 4.21. The highest BCUT2D eigenvalue weighted by molar-refractivity contribution is 5.34. The van der Waals surface area contributed by atoms with Gasteiger partial charge in [0.15, 0.2) is 0 Å². The summed E-state index contributed by atoms with van der Waals surface area (Å²) in [6, 6.07) is 8.07. The van der Waals surface area contributed by atoms with Crippen molar-refractivity contribution >= 4 is 0 Å². The second-order valence-corrected chi connectivity index (χ2v) is 4.21.